The molecule has 1 fully saturated rings. The summed E-state index contributed by atoms with van der Waals surface area (Å²) in [6, 6.07) is 0. The average Bonchev–Trinajstić information content (AvgIpc) is 3.07. The van der Waals surface area contributed by atoms with Gasteiger partial charge < -0.3 is 14.7 Å². The first-order valence-electron chi connectivity index (χ1n) is 6.40. The highest BCUT2D eigenvalue weighted by Gasteiger charge is 2.17. The molecule has 0 unspecified atom stereocenters. The van der Waals surface area contributed by atoms with Gasteiger partial charge in [-0.05, 0) is 31.4 Å². The summed E-state index contributed by atoms with van der Waals surface area (Å²) in [5, 5.41) is 6.90. The van der Waals surface area contributed by atoms with E-state index in [9.17, 15) is 0 Å². The Morgan fingerprint density at radius 3 is 2.70 bits per heavy atom. The number of halogens is 1. The van der Waals surface area contributed by atoms with E-state index in [-0.39, 0.29) is 5.28 Å². The minimum Gasteiger partial charge on any atom is -0.345 e. The monoisotopic (exact) mass is 295 g/mol. The molecule has 3 heterocycles. The molecular weight excluding hydrogens is 282 g/mol. The van der Waals surface area contributed by atoms with Crippen LogP contribution in [0.5, 0.6) is 0 Å². The quantitative estimate of drug-likeness (QED) is 0.905. The third-order valence-electron chi connectivity index (χ3n) is 2.95. The van der Waals surface area contributed by atoms with Crippen LogP contribution in [0.25, 0.3) is 0 Å². The molecule has 1 aliphatic rings. The van der Waals surface area contributed by atoms with Crippen molar-refractivity contribution in [3.05, 3.63) is 17.0 Å². The number of nitrogens with zero attached hydrogens (tertiary/aromatic N) is 6. The molecule has 2 aromatic heterocycles. The van der Waals surface area contributed by atoms with Crippen LogP contribution in [0.2, 0.25) is 5.28 Å². The molecule has 3 rings (SSSR count). The van der Waals surface area contributed by atoms with Crippen LogP contribution < -0.4 is 10.2 Å². The Bertz CT molecular complexity index is 596. The molecule has 0 aliphatic carbocycles. The number of aromatic nitrogens is 5. The van der Waals surface area contributed by atoms with E-state index in [2.05, 4.69) is 35.3 Å². The number of aryl methyl sites for hydroxylation is 1. The highest BCUT2D eigenvalue weighted by Crippen LogP contribution is 2.18. The Morgan fingerprint density at radius 1 is 1.20 bits per heavy atom. The van der Waals surface area contributed by atoms with Crippen molar-refractivity contribution in [3.63, 3.8) is 0 Å². The van der Waals surface area contributed by atoms with Gasteiger partial charge in [0.05, 0.1) is 6.54 Å². The first-order chi connectivity index (χ1) is 9.70. The molecule has 1 saturated heterocycles. The van der Waals surface area contributed by atoms with E-state index in [1.54, 1.807) is 6.92 Å². The van der Waals surface area contributed by atoms with Crippen LogP contribution in [0.1, 0.15) is 24.6 Å². The van der Waals surface area contributed by atoms with Crippen LogP contribution >= 0.6 is 11.6 Å². The zero-order valence-electron chi connectivity index (χ0n) is 11.0. The molecule has 106 valence electrons. The third kappa shape index (κ3) is 2.96. The number of hydrogen-bond donors (Lipinski definition) is 1. The molecule has 1 aliphatic heterocycles. The van der Waals surface area contributed by atoms with Gasteiger partial charge in [0, 0.05) is 13.1 Å². The lowest BCUT2D eigenvalue weighted by Crippen LogP contribution is -2.21. The molecule has 0 saturated carbocycles. The lowest BCUT2D eigenvalue weighted by Gasteiger charge is -2.15. The molecular formula is C11H14ClN7O. The van der Waals surface area contributed by atoms with Crippen LogP contribution in [0.4, 0.5) is 11.9 Å². The lowest BCUT2D eigenvalue weighted by atomic mass is 10.4. The van der Waals surface area contributed by atoms with Crippen molar-refractivity contribution in [2.24, 2.45) is 0 Å². The van der Waals surface area contributed by atoms with E-state index in [1.165, 1.54) is 0 Å². The fourth-order valence-corrected chi connectivity index (χ4v) is 2.20. The molecule has 2 aromatic rings. The van der Waals surface area contributed by atoms with Gasteiger partial charge in [0.15, 0.2) is 5.82 Å². The van der Waals surface area contributed by atoms with E-state index in [0.29, 0.717) is 30.2 Å². The highest BCUT2D eigenvalue weighted by molar-refractivity contribution is 6.28. The first kappa shape index (κ1) is 13.0. The Hall–Kier alpha value is -1.96. The number of hydrogen-bond acceptors (Lipinski definition) is 8. The van der Waals surface area contributed by atoms with Crippen molar-refractivity contribution in [3.8, 4) is 0 Å². The maximum atomic E-state index is 5.93. The summed E-state index contributed by atoms with van der Waals surface area (Å²) in [6.45, 7) is 4.00. The fourth-order valence-electron chi connectivity index (χ4n) is 2.04. The van der Waals surface area contributed by atoms with Crippen LogP contribution in [-0.4, -0.2) is 38.2 Å². The summed E-state index contributed by atoms with van der Waals surface area (Å²) in [5.74, 6) is 2.07. The molecule has 1 N–H and O–H groups in total. The van der Waals surface area contributed by atoms with Gasteiger partial charge in [-0.15, -0.1) is 0 Å². The van der Waals surface area contributed by atoms with Gasteiger partial charge in [-0.3, -0.25) is 0 Å². The van der Waals surface area contributed by atoms with E-state index in [4.69, 9.17) is 16.1 Å². The van der Waals surface area contributed by atoms with Gasteiger partial charge in [-0.2, -0.15) is 19.9 Å². The second-order valence-corrected chi connectivity index (χ2v) is 4.85. The second kappa shape index (κ2) is 5.58. The molecule has 20 heavy (non-hydrogen) atoms. The van der Waals surface area contributed by atoms with Crippen molar-refractivity contribution in [1.29, 1.82) is 0 Å². The number of anilines is 2. The molecule has 0 atom stereocenters. The first-order valence-corrected chi connectivity index (χ1v) is 6.78. The predicted molar refractivity (Wildman–Crippen MR) is 72.6 cm³/mol. The SMILES string of the molecule is Cc1noc(CNc2nc(Cl)nc(N3CCCC3)n2)n1. The highest BCUT2D eigenvalue weighted by atomic mass is 35.5. The van der Waals surface area contributed by atoms with E-state index in [0.717, 1.165) is 25.9 Å². The standard InChI is InChI=1S/C11H14ClN7O/c1-7-14-8(20-18-7)6-13-10-15-9(12)16-11(17-10)19-4-2-3-5-19/h2-6H2,1H3,(H,13,15,16,17). The van der Waals surface area contributed by atoms with Crippen LogP contribution in [0, 0.1) is 6.92 Å². The zero-order chi connectivity index (χ0) is 13.9. The van der Waals surface area contributed by atoms with Gasteiger partial charge in [-0.1, -0.05) is 5.16 Å². The van der Waals surface area contributed by atoms with Crippen molar-refractivity contribution in [2.75, 3.05) is 23.3 Å². The summed E-state index contributed by atoms with van der Waals surface area (Å²) in [5.41, 5.74) is 0. The molecule has 0 radical (unpaired) electrons. The minimum atomic E-state index is 0.172. The van der Waals surface area contributed by atoms with Crippen molar-refractivity contribution >= 4 is 23.5 Å². The van der Waals surface area contributed by atoms with E-state index in [1.807, 2.05) is 0 Å². The Balaban J connectivity index is 1.72. The van der Waals surface area contributed by atoms with Gasteiger partial charge in [0.2, 0.25) is 23.1 Å². The zero-order valence-corrected chi connectivity index (χ0v) is 11.8. The second-order valence-electron chi connectivity index (χ2n) is 4.51. The van der Waals surface area contributed by atoms with E-state index < -0.39 is 0 Å². The largest absolute Gasteiger partial charge is 0.345 e. The molecule has 9 heteroatoms. The van der Waals surface area contributed by atoms with Gasteiger partial charge in [-0.25, -0.2) is 0 Å². The van der Waals surface area contributed by atoms with Crippen molar-refractivity contribution < 1.29 is 4.52 Å². The number of rotatable bonds is 4. The predicted octanol–water partition coefficient (Wildman–Crippen LogP) is 1.43. The van der Waals surface area contributed by atoms with Crippen LogP contribution in [0.3, 0.4) is 0 Å². The molecule has 0 bridgehead atoms. The normalized spacial score (nSPS) is 14.8. The van der Waals surface area contributed by atoms with E-state index >= 15 is 0 Å². The van der Waals surface area contributed by atoms with Gasteiger partial charge in [0.25, 0.3) is 0 Å². The van der Waals surface area contributed by atoms with Crippen molar-refractivity contribution in [2.45, 2.75) is 26.3 Å². The summed E-state index contributed by atoms with van der Waals surface area (Å²) < 4.78 is 5.01. The smallest absolute Gasteiger partial charge is 0.246 e. The molecule has 0 aromatic carbocycles. The Morgan fingerprint density at radius 2 is 2.00 bits per heavy atom. The Kier molecular flexibility index (Phi) is 3.64. The minimum absolute atomic E-state index is 0.172. The van der Waals surface area contributed by atoms with Crippen LogP contribution in [-0.2, 0) is 6.54 Å². The van der Waals surface area contributed by atoms with Crippen LogP contribution in [0.15, 0.2) is 4.52 Å². The fraction of sp³-hybridized carbons (Fsp3) is 0.545. The summed E-state index contributed by atoms with van der Waals surface area (Å²) in [7, 11) is 0. The summed E-state index contributed by atoms with van der Waals surface area (Å²) in [4.78, 5) is 18.7. The molecule has 8 nitrogen and oxygen atoms in total. The lowest BCUT2D eigenvalue weighted by molar-refractivity contribution is 0.379. The maximum absolute atomic E-state index is 5.93. The molecule has 0 spiro atoms. The van der Waals surface area contributed by atoms with Crippen molar-refractivity contribution in [1.82, 2.24) is 25.1 Å². The maximum Gasteiger partial charge on any atom is 0.246 e. The number of nitrogens with one attached hydrogen (secondary N) is 1. The summed E-state index contributed by atoms with van der Waals surface area (Å²) in [6.07, 6.45) is 2.29. The Labute approximate surface area is 120 Å². The molecule has 0 amide bonds. The third-order valence-corrected chi connectivity index (χ3v) is 3.12. The topological polar surface area (TPSA) is 92.9 Å². The van der Waals surface area contributed by atoms with Gasteiger partial charge >= 0.3 is 0 Å². The average molecular weight is 296 g/mol. The van der Waals surface area contributed by atoms with Gasteiger partial charge in [0.1, 0.15) is 0 Å². The summed E-state index contributed by atoms with van der Waals surface area (Å²) >= 11 is 5.93.